The predicted octanol–water partition coefficient (Wildman–Crippen LogP) is 3.80. The fourth-order valence-electron chi connectivity index (χ4n) is 3.15. The van der Waals surface area contributed by atoms with E-state index < -0.39 is 11.4 Å². The van der Waals surface area contributed by atoms with E-state index in [-0.39, 0.29) is 17.6 Å². The monoisotopic (exact) mass is 360 g/mol. The number of aromatic hydroxyl groups is 2. The highest BCUT2D eigenvalue weighted by Gasteiger charge is 2.18. The molecule has 0 saturated heterocycles. The maximum atomic E-state index is 12.9. The van der Waals surface area contributed by atoms with Gasteiger partial charge in [-0.15, -0.1) is 0 Å². The molecule has 7 heteroatoms. The third-order valence-corrected chi connectivity index (χ3v) is 4.40. The molecule has 2 aromatic carbocycles. The highest BCUT2D eigenvalue weighted by atomic mass is 16.6. The third-order valence-electron chi connectivity index (χ3n) is 4.40. The minimum absolute atomic E-state index is 0.0854. The van der Waals surface area contributed by atoms with Gasteiger partial charge in [0.15, 0.2) is 17.1 Å². The first kappa shape index (κ1) is 15.3. The molecule has 0 amide bonds. The van der Waals surface area contributed by atoms with Crippen LogP contribution in [0.25, 0.3) is 27.4 Å². The summed E-state index contributed by atoms with van der Waals surface area (Å²) in [7, 11) is 0. The van der Waals surface area contributed by atoms with Gasteiger partial charge in [-0.25, -0.2) is 4.40 Å². The van der Waals surface area contributed by atoms with Crippen LogP contribution in [0.2, 0.25) is 0 Å². The molecule has 0 aliphatic heterocycles. The lowest BCUT2D eigenvalue weighted by atomic mass is 10.1. The molecule has 2 N–H and O–H groups in total. The molecule has 0 bridgehead atoms. The Balaban J connectivity index is 1.72. The van der Waals surface area contributed by atoms with Crippen LogP contribution < -0.4 is 10.3 Å². The number of hydrogen-bond donors (Lipinski definition) is 2. The molecular formula is C20H12N2O5. The van der Waals surface area contributed by atoms with Crippen molar-refractivity contribution in [2.75, 3.05) is 0 Å². The van der Waals surface area contributed by atoms with E-state index >= 15 is 0 Å². The average Bonchev–Trinajstić information content (AvgIpc) is 3.10. The number of benzene rings is 2. The fraction of sp³-hybridized carbons (Fsp3) is 0. The van der Waals surface area contributed by atoms with Gasteiger partial charge in [-0.05, 0) is 24.3 Å². The molecule has 3 heterocycles. The van der Waals surface area contributed by atoms with Gasteiger partial charge in [-0.1, -0.05) is 36.4 Å². The van der Waals surface area contributed by atoms with Gasteiger partial charge in [0.05, 0.1) is 5.52 Å². The van der Waals surface area contributed by atoms with Crippen LogP contribution >= 0.6 is 0 Å². The highest BCUT2D eigenvalue weighted by molar-refractivity contribution is 6.00. The van der Waals surface area contributed by atoms with E-state index in [4.69, 9.17) is 9.15 Å². The first-order valence-corrected chi connectivity index (χ1v) is 8.15. The average molecular weight is 360 g/mol. The molecular weight excluding hydrogens is 348 g/mol. The second-order valence-corrected chi connectivity index (χ2v) is 5.99. The summed E-state index contributed by atoms with van der Waals surface area (Å²) in [6, 6.07) is 17.2. The van der Waals surface area contributed by atoms with Gasteiger partial charge in [0.25, 0.3) is 0 Å². The molecule has 132 valence electrons. The molecule has 0 atom stereocenters. The van der Waals surface area contributed by atoms with E-state index in [1.165, 1.54) is 6.07 Å². The van der Waals surface area contributed by atoms with Crippen LogP contribution in [0.3, 0.4) is 0 Å². The zero-order chi connectivity index (χ0) is 18.5. The van der Waals surface area contributed by atoms with Crippen molar-refractivity contribution in [2.24, 2.45) is 0 Å². The second kappa shape index (κ2) is 5.50. The number of hydrogen-bond acceptors (Lipinski definition) is 6. The summed E-state index contributed by atoms with van der Waals surface area (Å²) in [5.41, 5.74) is 0.920. The van der Waals surface area contributed by atoms with Crippen molar-refractivity contribution in [3.63, 3.8) is 0 Å². The number of nitrogens with zero attached hydrogens (tertiary/aromatic N) is 2. The molecule has 0 spiro atoms. The van der Waals surface area contributed by atoms with Crippen molar-refractivity contribution in [3.8, 4) is 23.5 Å². The lowest BCUT2D eigenvalue weighted by Crippen LogP contribution is -2.15. The van der Waals surface area contributed by atoms with E-state index in [1.807, 2.05) is 6.07 Å². The SMILES string of the molecule is O=c1c(Oc2nc3ccccc3o2)ccc2c3ccccc3c(O)c(O)n12. The van der Waals surface area contributed by atoms with Gasteiger partial charge in [0.1, 0.15) is 5.52 Å². The molecule has 3 aromatic heterocycles. The van der Waals surface area contributed by atoms with Crippen molar-refractivity contribution >= 4 is 27.4 Å². The van der Waals surface area contributed by atoms with Crippen LogP contribution in [0.15, 0.2) is 69.9 Å². The van der Waals surface area contributed by atoms with Crippen LogP contribution in [0.4, 0.5) is 0 Å². The molecule has 0 unspecified atom stereocenters. The Kier molecular flexibility index (Phi) is 3.11. The second-order valence-electron chi connectivity index (χ2n) is 5.99. The molecule has 0 fully saturated rings. The predicted molar refractivity (Wildman–Crippen MR) is 98.6 cm³/mol. The van der Waals surface area contributed by atoms with Crippen molar-refractivity contribution < 1.29 is 19.4 Å². The van der Waals surface area contributed by atoms with E-state index in [1.54, 1.807) is 48.5 Å². The Labute approximate surface area is 151 Å². The number of fused-ring (bicyclic) bond motifs is 4. The van der Waals surface area contributed by atoms with Gasteiger partial charge >= 0.3 is 11.6 Å². The quantitative estimate of drug-likeness (QED) is 0.465. The van der Waals surface area contributed by atoms with E-state index in [0.29, 0.717) is 27.4 Å². The van der Waals surface area contributed by atoms with Gasteiger partial charge in [-0.3, -0.25) is 4.79 Å². The van der Waals surface area contributed by atoms with Crippen LogP contribution in [0.1, 0.15) is 0 Å². The van der Waals surface area contributed by atoms with Crippen LogP contribution in [-0.2, 0) is 0 Å². The molecule has 0 saturated carbocycles. The zero-order valence-electron chi connectivity index (χ0n) is 13.8. The number of ether oxygens (including phenoxy) is 1. The summed E-state index contributed by atoms with van der Waals surface area (Å²) < 4.78 is 12.0. The standard InChI is InChI=1S/C20H12N2O5/c23-17-12-6-2-1-5-11(12)14-9-10-16(18(24)22(14)19(17)25)27-20-21-13-7-3-4-8-15(13)26-20/h1-10,23,25H. The Morgan fingerprint density at radius 1 is 0.926 bits per heavy atom. The van der Waals surface area contributed by atoms with Gasteiger partial charge < -0.3 is 19.4 Å². The van der Waals surface area contributed by atoms with Gasteiger partial charge in [-0.2, -0.15) is 4.98 Å². The third kappa shape index (κ3) is 2.22. The van der Waals surface area contributed by atoms with Crippen molar-refractivity contribution in [3.05, 3.63) is 71.0 Å². The van der Waals surface area contributed by atoms with Crippen molar-refractivity contribution in [1.82, 2.24) is 9.38 Å². The molecule has 5 rings (SSSR count). The Morgan fingerprint density at radius 3 is 2.48 bits per heavy atom. The van der Waals surface area contributed by atoms with E-state index in [2.05, 4.69) is 4.98 Å². The molecule has 0 aliphatic carbocycles. The molecule has 7 nitrogen and oxygen atoms in total. The van der Waals surface area contributed by atoms with Crippen LogP contribution in [-0.4, -0.2) is 19.6 Å². The highest BCUT2D eigenvalue weighted by Crippen LogP contribution is 2.36. The summed E-state index contributed by atoms with van der Waals surface area (Å²) in [6.45, 7) is 0. The smallest absolute Gasteiger partial charge is 0.400 e. The summed E-state index contributed by atoms with van der Waals surface area (Å²) >= 11 is 0. The van der Waals surface area contributed by atoms with Crippen LogP contribution in [0, 0.1) is 0 Å². The molecule has 0 aliphatic rings. The van der Waals surface area contributed by atoms with Crippen molar-refractivity contribution in [1.29, 1.82) is 0 Å². The molecule has 5 aromatic rings. The summed E-state index contributed by atoms with van der Waals surface area (Å²) in [4.78, 5) is 17.0. The Morgan fingerprint density at radius 2 is 1.67 bits per heavy atom. The largest absolute Gasteiger partial charge is 0.503 e. The number of aromatic nitrogens is 2. The lowest BCUT2D eigenvalue weighted by Gasteiger charge is -2.11. The summed E-state index contributed by atoms with van der Waals surface area (Å²) in [6.07, 6.45) is -0.0854. The maximum absolute atomic E-state index is 12.9. The zero-order valence-corrected chi connectivity index (χ0v) is 13.8. The number of para-hydroxylation sites is 2. The topological polar surface area (TPSA) is 97.2 Å². The summed E-state index contributed by atoms with van der Waals surface area (Å²) in [5, 5.41) is 21.7. The Hall–Kier alpha value is -4.00. The number of oxazole rings is 1. The lowest BCUT2D eigenvalue weighted by molar-refractivity contribution is 0.336. The minimum atomic E-state index is -0.645. The number of pyridine rings is 2. The van der Waals surface area contributed by atoms with Crippen molar-refractivity contribution in [2.45, 2.75) is 0 Å². The fourth-order valence-corrected chi connectivity index (χ4v) is 3.15. The maximum Gasteiger partial charge on any atom is 0.400 e. The number of rotatable bonds is 2. The minimum Gasteiger partial charge on any atom is -0.503 e. The Bertz CT molecular complexity index is 1370. The first-order chi connectivity index (χ1) is 13.1. The molecule has 27 heavy (non-hydrogen) atoms. The van der Waals surface area contributed by atoms with E-state index in [0.717, 1.165) is 4.40 Å². The van der Waals surface area contributed by atoms with Gasteiger partial charge in [0, 0.05) is 10.8 Å². The normalized spacial score (nSPS) is 11.4. The first-order valence-electron chi connectivity index (χ1n) is 8.15. The van der Waals surface area contributed by atoms with E-state index in [9.17, 15) is 15.0 Å². The van der Waals surface area contributed by atoms with Crippen LogP contribution in [0.5, 0.6) is 23.5 Å². The molecule has 0 radical (unpaired) electrons. The summed E-state index contributed by atoms with van der Waals surface area (Å²) in [5.74, 6) is -1.03. The van der Waals surface area contributed by atoms with Gasteiger partial charge in [0.2, 0.25) is 5.88 Å².